The van der Waals surface area contributed by atoms with Gasteiger partial charge in [0.2, 0.25) is 0 Å². The van der Waals surface area contributed by atoms with Crippen molar-refractivity contribution in [1.82, 2.24) is 9.13 Å². The van der Waals surface area contributed by atoms with Crippen molar-refractivity contribution in [2.75, 3.05) is 0 Å². The van der Waals surface area contributed by atoms with E-state index in [0.717, 1.165) is 11.4 Å². The van der Waals surface area contributed by atoms with Crippen LogP contribution in [-0.2, 0) is 0 Å². The predicted molar refractivity (Wildman–Crippen MR) is 253 cm³/mol. The Hall–Kier alpha value is -7.94. The summed E-state index contributed by atoms with van der Waals surface area (Å²) in [5.74, 6) is 0. The summed E-state index contributed by atoms with van der Waals surface area (Å²) in [5, 5.41) is 7.64. The number of para-hydroxylation sites is 2. The van der Waals surface area contributed by atoms with Crippen molar-refractivity contribution < 1.29 is 0 Å². The Morgan fingerprint density at radius 2 is 0.733 bits per heavy atom. The first kappa shape index (κ1) is 33.1. The minimum Gasteiger partial charge on any atom is -0.309 e. The van der Waals surface area contributed by atoms with Gasteiger partial charge in [-0.25, -0.2) is 0 Å². The molecule has 1 aliphatic rings. The van der Waals surface area contributed by atoms with Crippen LogP contribution < -0.4 is 0 Å². The van der Waals surface area contributed by atoms with Crippen molar-refractivity contribution in [2.45, 2.75) is 0 Å². The van der Waals surface area contributed by atoms with Crippen molar-refractivity contribution in [3.63, 3.8) is 0 Å². The van der Waals surface area contributed by atoms with E-state index in [2.05, 4.69) is 228 Å². The molecule has 0 fully saturated rings. The summed E-state index contributed by atoms with van der Waals surface area (Å²) in [5.41, 5.74) is 19.7. The van der Waals surface area contributed by atoms with Gasteiger partial charge in [0.15, 0.2) is 0 Å². The highest BCUT2D eigenvalue weighted by molar-refractivity contribution is 6.17. The first-order valence-electron chi connectivity index (χ1n) is 20.8. The average molecular weight is 761 g/mol. The van der Waals surface area contributed by atoms with Gasteiger partial charge in [-0.2, -0.15) is 0 Å². The molecule has 1 aliphatic carbocycles. The normalized spacial score (nSPS) is 12.0. The van der Waals surface area contributed by atoms with Crippen LogP contribution in [0.15, 0.2) is 218 Å². The lowest BCUT2D eigenvalue weighted by molar-refractivity contribution is 1.18. The van der Waals surface area contributed by atoms with Crippen LogP contribution >= 0.6 is 0 Å². The monoisotopic (exact) mass is 760 g/mol. The Balaban J connectivity index is 0.919. The van der Waals surface area contributed by atoms with Gasteiger partial charge in [-0.05, 0) is 139 Å². The Kier molecular flexibility index (Phi) is 7.05. The maximum Gasteiger partial charge on any atom is 0.0541 e. The molecule has 0 unspecified atom stereocenters. The fourth-order valence-electron chi connectivity index (χ4n) is 10.1. The van der Waals surface area contributed by atoms with Crippen LogP contribution in [0.5, 0.6) is 0 Å². The fourth-order valence-corrected chi connectivity index (χ4v) is 10.1. The summed E-state index contributed by atoms with van der Waals surface area (Å²) < 4.78 is 4.84. The third-order valence-electron chi connectivity index (χ3n) is 12.8. The molecule has 12 aromatic rings. The molecule has 2 nitrogen and oxygen atoms in total. The van der Waals surface area contributed by atoms with Crippen LogP contribution in [0.1, 0.15) is 0 Å². The third-order valence-corrected chi connectivity index (χ3v) is 12.8. The van der Waals surface area contributed by atoms with E-state index >= 15 is 0 Å². The van der Waals surface area contributed by atoms with E-state index in [1.54, 1.807) is 0 Å². The zero-order valence-electron chi connectivity index (χ0n) is 32.7. The van der Waals surface area contributed by atoms with E-state index in [1.807, 2.05) is 0 Å². The lowest BCUT2D eigenvalue weighted by atomic mass is 9.96. The zero-order chi connectivity index (χ0) is 39.3. The SMILES string of the molecule is c1ccc(-c2ccc(-n3c4ccccc4c4cc(-c5ccc6c(c5)c5ccccc5n6-c5cccc(-c6cc7c8c(cccc8c6)-c6ccccc6-7)c5)ccc43)cc2)cc1. The molecule has 0 amide bonds. The Morgan fingerprint density at radius 3 is 1.43 bits per heavy atom. The number of hydrogen-bond acceptors (Lipinski definition) is 0. The number of aromatic nitrogens is 2. The second-order valence-corrected chi connectivity index (χ2v) is 16.1. The summed E-state index contributed by atoms with van der Waals surface area (Å²) in [4.78, 5) is 0. The summed E-state index contributed by atoms with van der Waals surface area (Å²) in [6.45, 7) is 0. The number of rotatable bonds is 5. The summed E-state index contributed by atoms with van der Waals surface area (Å²) in [6.07, 6.45) is 0. The van der Waals surface area contributed by atoms with Crippen molar-refractivity contribution in [3.05, 3.63) is 218 Å². The third kappa shape index (κ3) is 4.88. The van der Waals surface area contributed by atoms with Crippen LogP contribution in [0.25, 0.3) is 121 Å². The minimum absolute atomic E-state index is 1.16. The highest BCUT2D eigenvalue weighted by Crippen LogP contribution is 2.49. The minimum atomic E-state index is 1.16. The van der Waals surface area contributed by atoms with E-state index in [9.17, 15) is 0 Å². The standard InChI is InChI=1S/C58H36N2/c1-2-12-37(13-3-1)38-24-28-44(29-25-38)59-54-22-8-6-19-48(54)51-34-40(26-30-56(51)59)41-27-31-57-52(35-41)49-20-7-9-23-55(49)60(57)45-16-10-14-39(33-45)43-32-42-15-11-21-50-46-17-4-5-18-47(46)53(36-43)58(42)50/h1-36H. The number of benzene rings is 10. The molecule has 0 saturated heterocycles. The lowest BCUT2D eigenvalue weighted by Gasteiger charge is -2.12. The molecule has 0 aliphatic heterocycles. The van der Waals surface area contributed by atoms with Gasteiger partial charge in [-0.15, -0.1) is 0 Å². The van der Waals surface area contributed by atoms with E-state index in [-0.39, 0.29) is 0 Å². The highest BCUT2D eigenvalue weighted by atomic mass is 15.0. The van der Waals surface area contributed by atoms with Crippen LogP contribution in [0.2, 0.25) is 0 Å². The summed E-state index contributed by atoms with van der Waals surface area (Å²) in [6, 6.07) is 80.5. The molecular weight excluding hydrogens is 725 g/mol. The topological polar surface area (TPSA) is 9.86 Å². The predicted octanol–water partition coefficient (Wildman–Crippen LogP) is 15.7. The van der Waals surface area contributed by atoms with Gasteiger partial charge >= 0.3 is 0 Å². The maximum atomic E-state index is 2.44. The zero-order valence-corrected chi connectivity index (χ0v) is 32.7. The van der Waals surface area contributed by atoms with Crippen molar-refractivity contribution in [1.29, 1.82) is 0 Å². The molecule has 10 aromatic carbocycles. The molecule has 278 valence electrons. The van der Waals surface area contributed by atoms with Crippen molar-refractivity contribution in [3.8, 4) is 67.0 Å². The summed E-state index contributed by atoms with van der Waals surface area (Å²) >= 11 is 0. The van der Waals surface area contributed by atoms with E-state index < -0.39 is 0 Å². The molecule has 0 spiro atoms. The average Bonchev–Trinajstić information content (AvgIpc) is 3.95. The van der Waals surface area contributed by atoms with Gasteiger partial charge in [0.1, 0.15) is 0 Å². The molecule has 0 radical (unpaired) electrons. The molecule has 0 saturated carbocycles. The first-order chi connectivity index (χ1) is 29.7. The van der Waals surface area contributed by atoms with Gasteiger partial charge in [-0.1, -0.05) is 146 Å². The molecule has 2 aromatic heterocycles. The van der Waals surface area contributed by atoms with Gasteiger partial charge in [-0.3, -0.25) is 0 Å². The molecule has 0 bridgehead atoms. The molecule has 13 rings (SSSR count). The fraction of sp³-hybridized carbons (Fsp3) is 0. The van der Waals surface area contributed by atoms with Crippen LogP contribution in [-0.4, -0.2) is 9.13 Å². The quantitative estimate of drug-likeness (QED) is 0.165. The second kappa shape index (κ2) is 12.8. The molecule has 2 heteroatoms. The molecule has 0 N–H and O–H groups in total. The van der Waals surface area contributed by atoms with Crippen LogP contribution in [0, 0.1) is 0 Å². The van der Waals surface area contributed by atoms with Gasteiger partial charge < -0.3 is 9.13 Å². The Bertz CT molecular complexity index is 3700. The Morgan fingerprint density at radius 1 is 0.233 bits per heavy atom. The van der Waals surface area contributed by atoms with E-state index in [1.165, 1.54) is 110 Å². The van der Waals surface area contributed by atoms with Gasteiger partial charge in [0.25, 0.3) is 0 Å². The number of nitrogens with zero attached hydrogens (tertiary/aromatic N) is 2. The molecule has 2 heterocycles. The lowest BCUT2D eigenvalue weighted by Crippen LogP contribution is -1.94. The largest absolute Gasteiger partial charge is 0.309 e. The first-order valence-corrected chi connectivity index (χ1v) is 20.8. The molecule has 0 atom stereocenters. The van der Waals surface area contributed by atoms with Gasteiger partial charge in [0, 0.05) is 32.9 Å². The Labute approximate surface area is 347 Å². The highest BCUT2D eigenvalue weighted by Gasteiger charge is 2.22. The van der Waals surface area contributed by atoms with Crippen molar-refractivity contribution >= 4 is 54.4 Å². The maximum absolute atomic E-state index is 2.44. The number of fused-ring (bicyclic) bond motifs is 9. The summed E-state index contributed by atoms with van der Waals surface area (Å²) in [7, 11) is 0. The van der Waals surface area contributed by atoms with Gasteiger partial charge in [0.05, 0.1) is 22.1 Å². The molecule has 60 heavy (non-hydrogen) atoms. The smallest absolute Gasteiger partial charge is 0.0541 e. The van der Waals surface area contributed by atoms with E-state index in [0.29, 0.717) is 0 Å². The van der Waals surface area contributed by atoms with Crippen LogP contribution in [0.4, 0.5) is 0 Å². The molecular formula is C58H36N2. The second-order valence-electron chi connectivity index (χ2n) is 16.1. The van der Waals surface area contributed by atoms with Crippen LogP contribution in [0.3, 0.4) is 0 Å². The van der Waals surface area contributed by atoms with Crippen molar-refractivity contribution in [2.24, 2.45) is 0 Å². The van der Waals surface area contributed by atoms with E-state index in [4.69, 9.17) is 0 Å². The number of hydrogen-bond donors (Lipinski definition) is 0.